The quantitative estimate of drug-likeness (QED) is 0.688. The van der Waals surface area contributed by atoms with Crippen molar-refractivity contribution in [1.29, 1.82) is 0 Å². The molecule has 1 fully saturated rings. The minimum atomic E-state index is 0.810. The van der Waals surface area contributed by atoms with Gasteiger partial charge in [0.2, 0.25) is 0 Å². The number of rotatable bonds is 8. The zero-order valence-corrected chi connectivity index (χ0v) is 9.78. The summed E-state index contributed by atoms with van der Waals surface area (Å²) in [7, 11) is 0. The van der Waals surface area contributed by atoms with Gasteiger partial charge in [-0.05, 0) is 18.4 Å². The Kier molecular flexibility index (Phi) is 4.90. The van der Waals surface area contributed by atoms with E-state index in [1.165, 1.54) is 31.2 Å². The molecule has 2 rings (SSSR count). The molecule has 1 aliphatic carbocycles. The number of hydrogen-bond donors (Lipinski definition) is 1. The van der Waals surface area contributed by atoms with E-state index in [9.17, 15) is 0 Å². The number of furan rings is 1. The molecule has 0 unspecified atom stereocenters. The Hall–Kier alpha value is -0.800. The molecule has 3 nitrogen and oxygen atoms in total. The largest absolute Gasteiger partial charge is 0.472 e. The maximum absolute atomic E-state index is 5.57. The maximum Gasteiger partial charge on any atom is 0.0947 e. The molecule has 0 amide bonds. The molecule has 0 bridgehead atoms. The molecule has 1 aromatic rings. The van der Waals surface area contributed by atoms with Crippen molar-refractivity contribution < 1.29 is 9.15 Å². The van der Waals surface area contributed by atoms with Crippen LogP contribution in [-0.4, -0.2) is 19.8 Å². The van der Waals surface area contributed by atoms with Crippen LogP contribution in [0.15, 0.2) is 23.0 Å². The van der Waals surface area contributed by atoms with E-state index in [-0.39, 0.29) is 0 Å². The fraction of sp³-hybridized carbons (Fsp3) is 0.692. The molecule has 3 heteroatoms. The summed E-state index contributed by atoms with van der Waals surface area (Å²) in [6, 6.07) is 1.98. The second kappa shape index (κ2) is 6.71. The van der Waals surface area contributed by atoms with E-state index in [2.05, 4.69) is 5.32 Å². The highest BCUT2D eigenvalue weighted by Crippen LogP contribution is 2.28. The molecule has 0 radical (unpaired) electrons. The van der Waals surface area contributed by atoms with Crippen molar-refractivity contribution in [2.45, 2.75) is 32.2 Å². The molecule has 1 saturated carbocycles. The predicted octanol–water partition coefficient (Wildman–Crippen LogP) is 2.58. The minimum Gasteiger partial charge on any atom is -0.472 e. The number of nitrogens with one attached hydrogen (secondary N) is 1. The van der Waals surface area contributed by atoms with Gasteiger partial charge in [0, 0.05) is 25.3 Å². The lowest BCUT2D eigenvalue weighted by atomic mass is 9.83. The Bertz CT molecular complexity index is 267. The molecule has 0 aromatic carbocycles. The van der Waals surface area contributed by atoms with Crippen molar-refractivity contribution in [2.24, 2.45) is 5.92 Å². The fourth-order valence-corrected chi connectivity index (χ4v) is 1.90. The zero-order chi connectivity index (χ0) is 11.1. The second-order valence-electron chi connectivity index (χ2n) is 4.51. The van der Waals surface area contributed by atoms with Gasteiger partial charge in [0.15, 0.2) is 0 Å². The summed E-state index contributed by atoms with van der Waals surface area (Å²) in [6.07, 6.45) is 8.99. The van der Waals surface area contributed by atoms with Crippen molar-refractivity contribution in [1.82, 2.24) is 5.32 Å². The SMILES string of the molecule is c1cc(CNCCOCCC2CCC2)co1. The van der Waals surface area contributed by atoms with Crippen LogP contribution in [0.3, 0.4) is 0 Å². The third kappa shape index (κ3) is 3.99. The van der Waals surface area contributed by atoms with Gasteiger partial charge in [-0.2, -0.15) is 0 Å². The van der Waals surface area contributed by atoms with Crippen LogP contribution in [0.25, 0.3) is 0 Å². The van der Waals surface area contributed by atoms with Crippen LogP contribution in [0.4, 0.5) is 0 Å². The zero-order valence-electron chi connectivity index (χ0n) is 9.78. The first-order valence-corrected chi connectivity index (χ1v) is 6.24. The van der Waals surface area contributed by atoms with Crippen LogP contribution in [0, 0.1) is 5.92 Å². The lowest BCUT2D eigenvalue weighted by Crippen LogP contribution is -2.20. The van der Waals surface area contributed by atoms with Crippen LogP contribution in [-0.2, 0) is 11.3 Å². The molecule has 90 valence electrons. The lowest BCUT2D eigenvalue weighted by molar-refractivity contribution is 0.108. The average Bonchev–Trinajstić information content (AvgIpc) is 2.72. The van der Waals surface area contributed by atoms with Crippen molar-refractivity contribution >= 4 is 0 Å². The summed E-state index contributed by atoms with van der Waals surface area (Å²) in [6.45, 7) is 3.51. The monoisotopic (exact) mass is 223 g/mol. The van der Waals surface area contributed by atoms with E-state index in [0.717, 1.165) is 32.2 Å². The van der Waals surface area contributed by atoms with Gasteiger partial charge in [0.1, 0.15) is 0 Å². The third-order valence-corrected chi connectivity index (χ3v) is 3.23. The van der Waals surface area contributed by atoms with E-state index in [0.29, 0.717) is 0 Å². The highest BCUT2D eigenvalue weighted by Gasteiger charge is 2.16. The van der Waals surface area contributed by atoms with Crippen molar-refractivity contribution in [3.8, 4) is 0 Å². The molecule has 1 N–H and O–H groups in total. The molecule has 16 heavy (non-hydrogen) atoms. The summed E-state index contributed by atoms with van der Waals surface area (Å²) in [5.74, 6) is 0.957. The summed E-state index contributed by atoms with van der Waals surface area (Å²) in [5, 5.41) is 3.32. The van der Waals surface area contributed by atoms with Crippen molar-refractivity contribution in [2.75, 3.05) is 19.8 Å². The van der Waals surface area contributed by atoms with E-state index >= 15 is 0 Å². The second-order valence-corrected chi connectivity index (χ2v) is 4.51. The van der Waals surface area contributed by atoms with Crippen LogP contribution >= 0.6 is 0 Å². The summed E-state index contributed by atoms with van der Waals surface area (Å²) in [4.78, 5) is 0. The molecular weight excluding hydrogens is 202 g/mol. The topological polar surface area (TPSA) is 34.4 Å². The van der Waals surface area contributed by atoms with Crippen LogP contribution < -0.4 is 5.32 Å². The Morgan fingerprint density at radius 3 is 3.00 bits per heavy atom. The molecule has 0 spiro atoms. The predicted molar refractivity (Wildman–Crippen MR) is 63.2 cm³/mol. The Morgan fingerprint density at radius 1 is 1.38 bits per heavy atom. The van der Waals surface area contributed by atoms with Crippen LogP contribution in [0.2, 0.25) is 0 Å². The molecule has 1 aromatic heterocycles. The van der Waals surface area contributed by atoms with Gasteiger partial charge in [-0.3, -0.25) is 0 Å². The van der Waals surface area contributed by atoms with Crippen molar-refractivity contribution in [3.63, 3.8) is 0 Å². The van der Waals surface area contributed by atoms with E-state index in [1.54, 1.807) is 12.5 Å². The Balaban J connectivity index is 1.37. The summed E-state index contributed by atoms with van der Waals surface area (Å²) < 4.78 is 10.6. The smallest absolute Gasteiger partial charge is 0.0947 e. The highest BCUT2D eigenvalue weighted by atomic mass is 16.5. The van der Waals surface area contributed by atoms with Gasteiger partial charge in [-0.1, -0.05) is 19.3 Å². The summed E-state index contributed by atoms with van der Waals surface area (Å²) >= 11 is 0. The number of hydrogen-bond acceptors (Lipinski definition) is 3. The molecule has 0 saturated heterocycles. The van der Waals surface area contributed by atoms with Gasteiger partial charge in [0.05, 0.1) is 19.1 Å². The van der Waals surface area contributed by atoms with E-state index < -0.39 is 0 Å². The Labute approximate surface area is 97.2 Å². The molecule has 0 aliphatic heterocycles. The van der Waals surface area contributed by atoms with E-state index in [4.69, 9.17) is 9.15 Å². The van der Waals surface area contributed by atoms with Crippen LogP contribution in [0.5, 0.6) is 0 Å². The third-order valence-electron chi connectivity index (χ3n) is 3.23. The molecular formula is C13H21NO2. The lowest BCUT2D eigenvalue weighted by Gasteiger charge is -2.24. The number of ether oxygens (including phenoxy) is 1. The van der Waals surface area contributed by atoms with Gasteiger partial charge < -0.3 is 14.5 Å². The first kappa shape index (κ1) is 11.7. The maximum atomic E-state index is 5.57. The first-order valence-electron chi connectivity index (χ1n) is 6.24. The van der Waals surface area contributed by atoms with E-state index in [1.807, 2.05) is 6.07 Å². The standard InChI is InChI=1S/C13H21NO2/c1-2-12(3-1)4-7-15-9-6-14-10-13-5-8-16-11-13/h5,8,11-12,14H,1-4,6-7,9-10H2. The van der Waals surface area contributed by atoms with Gasteiger partial charge in [-0.15, -0.1) is 0 Å². The summed E-state index contributed by atoms with van der Waals surface area (Å²) in [5.41, 5.74) is 1.19. The van der Waals surface area contributed by atoms with Gasteiger partial charge in [-0.25, -0.2) is 0 Å². The fourth-order valence-electron chi connectivity index (χ4n) is 1.90. The van der Waals surface area contributed by atoms with Gasteiger partial charge >= 0.3 is 0 Å². The minimum absolute atomic E-state index is 0.810. The molecule has 1 aliphatic rings. The van der Waals surface area contributed by atoms with Gasteiger partial charge in [0.25, 0.3) is 0 Å². The Morgan fingerprint density at radius 2 is 2.31 bits per heavy atom. The first-order chi connectivity index (χ1) is 7.95. The average molecular weight is 223 g/mol. The molecule has 0 atom stereocenters. The molecule has 1 heterocycles. The highest BCUT2D eigenvalue weighted by molar-refractivity contribution is 5.04. The van der Waals surface area contributed by atoms with Crippen molar-refractivity contribution in [3.05, 3.63) is 24.2 Å². The van der Waals surface area contributed by atoms with Crippen LogP contribution in [0.1, 0.15) is 31.2 Å². The normalized spacial score (nSPS) is 16.2.